The Morgan fingerprint density at radius 3 is 2.64 bits per heavy atom. The largest absolute Gasteiger partial charge is 0.331 e. The normalized spacial score (nSPS) is 23.0. The molecular formula is C18H23Cl2N3O2. The predicted octanol–water partition coefficient (Wildman–Crippen LogP) is 3.31. The summed E-state index contributed by atoms with van der Waals surface area (Å²) >= 11 is 11.9. The standard InChI is InChI=1S/C18H23Cl2N3O2/c19-13-8-14(20)10-15(9-13)22-18(25)16-2-1-7-23(16)17(24)4-3-12-5-6-21-11-12/h8-10,12,16,21H,1-7,11H2,(H,22,25). The first kappa shape index (κ1) is 18.5. The number of carbonyl (C=O) groups excluding carboxylic acids is 2. The first-order valence-electron chi connectivity index (χ1n) is 8.80. The van der Waals surface area contributed by atoms with Gasteiger partial charge in [-0.3, -0.25) is 9.59 Å². The molecule has 2 N–H and O–H groups in total. The van der Waals surface area contributed by atoms with Crippen LogP contribution in [0.25, 0.3) is 0 Å². The number of halogens is 2. The average molecular weight is 384 g/mol. The summed E-state index contributed by atoms with van der Waals surface area (Å²) in [5, 5.41) is 7.08. The number of hydrogen-bond donors (Lipinski definition) is 2. The predicted molar refractivity (Wildman–Crippen MR) is 100 cm³/mol. The molecule has 0 radical (unpaired) electrons. The molecule has 2 amide bonds. The van der Waals surface area contributed by atoms with Crippen molar-refractivity contribution >= 4 is 40.7 Å². The number of carbonyl (C=O) groups is 2. The van der Waals surface area contributed by atoms with Gasteiger partial charge in [-0.2, -0.15) is 0 Å². The summed E-state index contributed by atoms with van der Waals surface area (Å²) in [4.78, 5) is 26.9. The molecular weight excluding hydrogens is 361 g/mol. The zero-order valence-electron chi connectivity index (χ0n) is 14.1. The van der Waals surface area contributed by atoms with Crippen molar-refractivity contribution in [1.29, 1.82) is 0 Å². The van der Waals surface area contributed by atoms with Crippen LogP contribution in [0.4, 0.5) is 5.69 Å². The lowest BCUT2D eigenvalue weighted by Gasteiger charge is -2.24. The second kappa shape index (κ2) is 8.39. The fourth-order valence-electron chi connectivity index (χ4n) is 3.62. The third-order valence-corrected chi connectivity index (χ3v) is 5.37. The first-order chi connectivity index (χ1) is 12.0. The molecule has 25 heavy (non-hydrogen) atoms. The van der Waals surface area contributed by atoms with Crippen molar-refractivity contribution in [2.24, 2.45) is 5.92 Å². The van der Waals surface area contributed by atoms with Crippen LogP contribution in [0.15, 0.2) is 18.2 Å². The van der Waals surface area contributed by atoms with Crippen LogP contribution < -0.4 is 10.6 Å². The zero-order valence-corrected chi connectivity index (χ0v) is 15.6. The Balaban J connectivity index is 1.57. The summed E-state index contributed by atoms with van der Waals surface area (Å²) in [7, 11) is 0. The van der Waals surface area contributed by atoms with Crippen LogP contribution in [0.3, 0.4) is 0 Å². The topological polar surface area (TPSA) is 61.4 Å². The van der Waals surface area contributed by atoms with E-state index in [1.54, 1.807) is 23.1 Å². The van der Waals surface area contributed by atoms with E-state index in [2.05, 4.69) is 10.6 Å². The molecule has 7 heteroatoms. The molecule has 0 aromatic heterocycles. The highest BCUT2D eigenvalue weighted by Gasteiger charge is 2.34. The van der Waals surface area contributed by atoms with E-state index in [4.69, 9.17) is 23.2 Å². The fraction of sp³-hybridized carbons (Fsp3) is 0.556. The number of likely N-dealkylation sites (tertiary alicyclic amines) is 1. The lowest BCUT2D eigenvalue weighted by molar-refractivity contribution is -0.136. The summed E-state index contributed by atoms with van der Waals surface area (Å²) in [5.74, 6) is 0.479. The number of benzene rings is 1. The Hall–Kier alpha value is -1.30. The summed E-state index contributed by atoms with van der Waals surface area (Å²) < 4.78 is 0. The molecule has 2 saturated heterocycles. The number of nitrogens with zero attached hydrogens (tertiary/aromatic N) is 1. The third kappa shape index (κ3) is 4.87. The molecule has 3 rings (SSSR count). The summed E-state index contributed by atoms with van der Waals surface area (Å²) in [6.45, 7) is 2.68. The van der Waals surface area contributed by atoms with Crippen molar-refractivity contribution in [3.8, 4) is 0 Å². The monoisotopic (exact) mass is 383 g/mol. The maximum Gasteiger partial charge on any atom is 0.247 e. The van der Waals surface area contributed by atoms with Crippen LogP contribution in [0.5, 0.6) is 0 Å². The van der Waals surface area contributed by atoms with Gasteiger partial charge in [0.2, 0.25) is 11.8 Å². The van der Waals surface area contributed by atoms with E-state index in [0.29, 0.717) is 41.0 Å². The smallest absolute Gasteiger partial charge is 0.247 e. The minimum Gasteiger partial charge on any atom is -0.331 e. The third-order valence-electron chi connectivity index (χ3n) is 4.93. The second-order valence-corrected chi connectivity index (χ2v) is 7.66. The Kier molecular flexibility index (Phi) is 6.20. The van der Waals surface area contributed by atoms with E-state index >= 15 is 0 Å². The molecule has 2 aliphatic heterocycles. The highest BCUT2D eigenvalue weighted by atomic mass is 35.5. The van der Waals surface area contributed by atoms with Gasteiger partial charge >= 0.3 is 0 Å². The quantitative estimate of drug-likeness (QED) is 0.819. The van der Waals surface area contributed by atoms with Gasteiger partial charge in [-0.1, -0.05) is 23.2 Å². The molecule has 0 bridgehead atoms. The van der Waals surface area contributed by atoms with Gasteiger partial charge in [-0.25, -0.2) is 0 Å². The van der Waals surface area contributed by atoms with Crippen molar-refractivity contribution in [2.45, 2.75) is 38.1 Å². The van der Waals surface area contributed by atoms with E-state index < -0.39 is 6.04 Å². The van der Waals surface area contributed by atoms with E-state index in [9.17, 15) is 9.59 Å². The van der Waals surface area contributed by atoms with Crippen molar-refractivity contribution < 1.29 is 9.59 Å². The van der Waals surface area contributed by atoms with Gasteiger partial charge in [0.05, 0.1) is 0 Å². The van der Waals surface area contributed by atoms with Gasteiger partial charge in [-0.05, 0) is 62.9 Å². The molecule has 1 aromatic rings. The number of hydrogen-bond acceptors (Lipinski definition) is 3. The van der Waals surface area contributed by atoms with E-state index in [-0.39, 0.29) is 11.8 Å². The number of nitrogens with one attached hydrogen (secondary N) is 2. The van der Waals surface area contributed by atoms with Crippen molar-refractivity contribution in [2.75, 3.05) is 25.0 Å². The zero-order chi connectivity index (χ0) is 17.8. The summed E-state index contributed by atoms with van der Waals surface area (Å²) in [5.41, 5.74) is 0.554. The van der Waals surface area contributed by atoms with Crippen molar-refractivity contribution in [3.05, 3.63) is 28.2 Å². The van der Waals surface area contributed by atoms with Gasteiger partial charge in [0.15, 0.2) is 0 Å². The molecule has 0 saturated carbocycles. The van der Waals surface area contributed by atoms with Crippen molar-refractivity contribution in [3.63, 3.8) is 0 Å². The molecule has 0 aliphatic carbocycles. The van der Waals surface area contributed by atoms with E-state index in [1.165, 1.54) is 0 Å². The van der Waals surface area contributed by atoms with Crippen LogP contribution in [0, 0.1) is 5.92 Å². The molecule has 2 atom stereocenters. The summed E-state index contributed by atoms with van der Waals surface area (Å²) in [6.07, 6.45) is 4.08. The van der Waals surface area contributed by atoms with Gasteiger partial charge < -0.3 is 15.5 Å². The highest BCUT2D eigenvalue weighted by molar-refractivity contribution is 6.35. The molecule has 2 fully saturated rings. The molecule has 136 valence electrons. The Labute approximate surface area is 158 Å². The van der Waals surface area contributed by atoms with Crippen LogP contribution in [0.1, 0.15) is 32.1 Å². The lowest BCUT2D eigenvalue weighted by Crippen LogP contribution is -2.43. The first-order valence-corrected chi connectivity index (χ1v) is 9.55. The van der Waals surface area contributed by atoms with E-state index in [1.807, 2.05) is 0 Å². The molecule has 2 unspecified atom stereocenters. The Morgan fingerprint density at radius 2 is 1.96 bits per heavy atom. The van der Waals surface area contributed by atoms with Crippen LogP contribution >= 0.6 is 23.2 Å². The molecule has 0 spiro atoms. The second-order valence-electron chi connectivity index (χ2n) is 6.79. The minimum atomic E-state index is -0.410. The summed E-state index contributed by atoms with van der Waals surface area (Å²) in [6, 6.07) is 4.51. The average Bonchev–Trinajstić information content (AvgIpc) is 3.23. The Bertz CT molecular complexity index is 627. The van der Waals surface area contributed by atoms with Gasteiger partial charge in [0.25, 0.3) is 0 Å². The van der Waals surface area contributed by atoms with Gasteiger partial charge in [-0.15, -0.1) is 0 Å². The highest BCUT2D eigenvalue weighted by Crippen LogP contribution is 2.25. The van der Waals surface area contributed by atoms with Crippen LogP contribution in [-0.4, -0.2) is 42.4 Å². The maximum absolute atomic E-state index is 12.6. The molecule has 2 aliphatic rings. The maximum atomic E-state index is 12.6. The number of rotatable bonds is 5. The lowest BCUT2D eigenvalue weighted by atomic mass is 10.0. The van der Waals surface area contributed by atoms with Crippen LogP contribution in [0.2, 0.25) is 10.0 Å². The fourth-order valence-corrected chi connectivity index (χ4v) is 4.15. The van der Waals surface area contributed by atoms with E-state index in [0.717, 1.165) is 32.4 Å². The minimum absolute atomic E-state index is 0.0775. The Morgan fingerprint density at radius 1 is 1.20 bits per heavy atom. The molecule has 2 heterocycles. The van der Waals surface area contributed by atoms with Crippen LogP contribution in [-0.2, 0) is 9.59 Å². The van der Waals surface area contributed by atoms with Gasteiger partial charge in [0.1, 0.15) is 6.04 Å². The van der Waals surface area contributed by atoms with Gasteiger partial charge in [0, 0.05) is 28.7 Å². The number of amides is 2. The molecule has 1 aromatic carbocycles. The molecule has 5 nitrogen and oxygen atoms in total. The number of anilines is 1. The SMILES string of the molecule is O=C(Nc1cc(Cl)cc(Cl)c1)C1CCCN1C(=O)CCC1CCNC1. The van der Waals surface area contributed by atoms with Crippen molar-refractivity contribution in [1.82, 2.24) is 10.2 Å².